The Bertz CT molecular complexity index is 518. The molecule has 1 aliphatic rings. The fraction of sp³-hybridized carbons (Fsp3) is 0.385. The third-order valence-corrected chi connectivity index (χ3v) is 3.82. The fourth-order valence-corrected chi connectivity index (χ4v) is 2.66. The van der Waals surface area contributed by atoms with Gasteiger partial charge in [0.2, 0.25) is 0 Å². The van der Waals surface area contributed by atoms with Crippen molar-refractivity contribution in [3.05, 3.63) is 34.1 Å². The molecule has 0 aromatic heterocycles. The van der Waals surface area contributed by atoms with Gasteiger partial charge in [-0.15, -0.1) is 0 Å². The van der Waals surface area contributed by atoms with Gasteiger partial charge < -0.3 is 15.0 Å². The number of amides is 2. The Morgan fingerprint density at radius 2 is 2.25 bits per heavy atom. The monoisotopic (exact) mass is 344 g/mol. The molecule has 2 amide bonds. The molecule has 0 bridgehead atoms. The average molecular weight is 345 g/mol. The lowest BCUT2D eigenvalue weighted by Crippen LogP contribution is -2.38. The van der Waals surface area contributed by atoms with E-state index >= 15 is 0 Å². The van der Waals surface area contributed by atoms with Crippen LogP contribution in [-0.4, -0.2) is 43.1 Å². The summed E-state index contributed by atoms with van der Waals surface area (Å²) in [5.41, 5.74) is 0.0196. The molecule has 1 aromatic rings. The minimum absolute atomic E-state index is 0.0196. The van der Waals surface area contributed by atoms with Gasteiger partial charge in [-0.25, -0.2) is 9.18 Å². The van der Waals surface area contributed by atoms with Crippen LogP contribution in [0.5, 0.6) is 0 Å². The normalized spacial score (nSPS) is 17.9. The highest BCUT2D eigenvalue weighted by molar-refractivity contribution is 9.10. The summed E-state index contributed by atoms with van der Waals surface area (Å²) < 4.78 is 18.7. The molecule has 0 spiro atoms. The van der Waals surface area contributed by atoms with E-state index in [1.54, 1.807) is 6.07 Å². The third kappa shape index (κ3) is 3.09. The molecular weight excluding hydrogens is 331 g/mol. The summed E-state index contributed by atoms with van der Waals surface area (Å²) in [5, 5.41) is 2.63. The number of hydrogen-bond acceptors (Lipinski definition) is 3. The number of carbonyl (C=O) groups excluding carboxylic acids is 2. The highest BCUT2D eigenvalue weighted by atomic mass is 79.9. The number of hydrogen-bond donors (Lipinski definition) is 1. The Labute approximate surface area is 124 Å². The molecule has 108 valence electrons. The SMILES string of the molecule is COC(=O)NC1CCN(C(=O)c2c(F)cccc2Br)C1. The van der Waals surface area contributed by atoms with Gasteiger partial charge in [0.1, 0.15) is 5.82 Å². The van der Waals surface area contributed by atoms with Gasteiger partial charge >= 0.3 is 6.09 Å². The smallest absolute Gasteiger partial charge is 0.407 e. The van der Waals surface area contributed by atoms with E-state index in [-0.39, 0.29) is 17.5 Å². The number of nitrogens with one attached hydrogen (secondary N) is 1. The maximum absolute atomic E-state index is 13.7. The van der Waals surface area contributed by atoms with E-state index in [4.69, 9.17) is 0 Å². The summed E-state index contributed by atoms with van der Waals surface area (Å²) in [6.45, 7) is 0.809. The molecule has 1 N–H and O–H groups in total. The fourth-order valence-electron chi connectivity index (χ4n) is 2.15. The molecule has 20 heavy (non-hydrogen) atoms. The van der Waals surface area contributed by atoms with Gasteiger partial charge in [-0.1, -0.05) is 6.07 Å². The van der Waals surface area contributed by atoms with Crippen molar-refractivity contribution in [2.24, 2.45) is 0 Å². The van der Waals surface area contributed by atoms with Crippen LogP contribution >= 0.6 is 15.9 Å². The second kappa shape index (κ2) is 6.21. The zero-order chi connectivity index (χ0) is 14.7. The average Bonchev–Trinajstić information content (AvgIpc) is 2.86. The van der Waals surface area contributed by atoms with Gasteiger partial charge in [0, 0.05) is 17.6 Å². The Balaban J connectivity index is 2.06. The first-order valence-electron chi connectivity index (χ1n) is 6.10. The van der Waals surface area contributed by atoms with Crippen LogP contribution in [0.1, 0.15) is 16.8 Å². The number of nitrogens with zero attached hydrogens (tertiary/aromatic N) is 1. The van der Waals surface area contributed by atoms with E-state index in [9.17, 15) is 14.0 Å². The maximum atomic E-state index is 13.7. The van der Waals surface area contributed by atoms with Crippen molar-refractivity contribution < 1.29 is 18.7 Å². The van der Waals surface area contributed by atoms with Crippen molar-refractivity contribution in [2.45, 2.75) is 12.5 Å². The Hall–Kier alpha value is -1.63. The zero-order valence-electron chi connectivity index (χ0n) is 10.9. The number of halogens is 2. The second-order valence-corrected chi connectivity index (χ2v) is 5.32. The van der Waals surface area contributed by atoms with E-state index in [2.05, 4.69) is 26.0 Å². The molecule has 1 fully saturated rings. The van der Waals surface area contributed by atoms with Gasteiger partial charge in [-0.2, -0.15) is 0 Å². The van der Waals surface area contributed by atoms with Crippen molar-refractivity contribution >= 4 is 27.9 Å². The van der Waals surface area contributed by atoms with Crippen LogP contribution in [-0.2, 0) is 4.74 Å². The molecule has 1 aliphatic heterocycles. The molecule has 1 saturated heterocycles. The van der Waals surface area contributed by atoms with Gasteiger partial charge in [0.05, 0.1) is 18.7 Å². The van der Waals surface area contributed by atoms with Gasteiger partial charge in [0.25, 0.3) is 5.91 Å². The molecule has 1 heterocycles. The number of likely N-dealkylation sites (tertiary alicyclic amines) is 1. The van der Waals surface area contributed by atoms with Crippen molar-refractivity contribution in [3.63, 3.8) is 0 Å². The first kappa shape index (κ1) is 14.8. The van der Waals surface area contributed by atoms with Crippen LogP contribution in [0.25, 0.3) is 0 Å². The first-order valence-corrected chi connectivity index (χ1v) is 6.90. The molecular formula is C13H14BrFN2O3. The number of alkyl carbamates (subject to hydrolysis) is 1. The van der Waals surface area contributed by atoms with Crippen LogP contribution in [0.3, 0.4) is 0 Å². The molecule has 1 atom stereocenters. The number of ether oxygens (including phenoxy) is 1. The Morgan fingerprint density at radius 3 is 2.90 bits per heavy atom. The van der Waals surface area contributed by atoms with Gasteiger partial charge in [-0.3, -0.25) is 4.79 Å². The van der Waals surface area contributed by atoms with Crippen molar-refractivity contribution in [1.29, 1.82) is 0 Å². The van der Waals surface area contributed by atoms with Crippen molar-refractivity contribution in [1.82, 2.24) is 10.2 Å². The molecule has 7 heteroatoms. The predicted octanol–water partition coefficient (Wildman–Crippen LogP) is 2.16. The van der Waals surface area contributed by atoms with E-state index < -0.39 is 11.9 Å². The predicted molar refractivity (Wildman–Crippen MR) is 73.9 cm³/mol. The number of carbonyl (C=O) groups is 2. The second-order valence-electron chi connectivity index (χ2n) is 4.47. The van der Waals surface area contributed by atoms with Crippen LogP contribution < -0.4 is 5.32 Å². The summed E-state index contributed by atoms with van der Waals surface area (Å²) in [6.07, 6.45) is 0.0868. The highest BCUT2D eigenvalue weighted by Crippen LogP contribution is 2.23. The summed E-state index contributed by atoms with van der Waals surface area (Å²) in [4.78, 5) is 24.9. The molecule has 0 radical (unpaired) electrons. The van der Waals surface area contributed by atoms with Gasteiger partial charge in [0.15, 0.2) is 0 Å². The van der Waals surface area contributed by atoms with Crippen LogP contribution in [0.4, 0.5) is 9.18 Å². The summed E-state index contributed by atoms with van der Waals surface area (Å²) in [7, 11) is 1.28. The van der Waals surface area contributed by atoms with Crippen molar-refractivity contribution in [3.8, 4) is 0 Å². The summed E-state index contributed by atoms with van der Waals surface area (Å²) in [5.74, 6) is -0.946. The van der Waals surface area contributed by atoms with Crippen LogP contribution in [0, 0.1) is 5.82 Å². The molecule has 5 nitrogen and oxygen atoms in total. The zero-order valence-corrected chi connectivity index (χ0v) is 12.4. The van der Waals surface area contributed by atoms with E-state index in [1.807, 2.05) is 0 Å². The quantitative estimate of drug-likeness (QED) is 0.894. The van der Waals surface area contributed by atoms with Crippen molar-refractivity contribution in [2.75, 3.05) is 20.2 Å². The molecule has 1 aromatic carbocycles. The molecule has 1 unspecified atom stereocenters. The molecule has 0 aliphatic carbocycles. The lowest BCUT2D eigenvalue weighted by Gasteiger charge is -2.18. The lowest BCUT2D eigenvalue weighted by atomic mass is 10.2. The Kier molecular flexibility index (Phi) is 4.59. The summed E-state index contributed by atoms with van der Waals surface area (Å²) in [6, 6.07) is 4.23. The van der Waals surface area contributed by atoms with E-state index in [0.29, 0.717) is 24.0 Å². The number of benzene rings is 1. The molecule has 0 saturated carbocycles. The van der Waals surface area contributed by atoms with Crippen LogP contribution in [0.15, 0.2) is 22.7 Å². The highest BCUT2D eigenvalue weighted by Gasteiger charge is 2.30. The maximum Gasteiger partial charge on any atom is 0.407 e. The Morgan fingerprint density at radius 1 is 1.50 bits per heavy atom. The van der Waals surface area contributed by atoms with Crippen LogP contribution in [0.2, 0.25) is 0 Å². The largest absolute Gasteiger partial charge is 0.453 e. The summed E-state index contributed by atoms with van der Waals surface area (Å²) >= 11 is 3.18. The third-order valence-electron chi connectivity index (χ3n) is 3.16. The first-order chi connectivity index (χ1) is 9.52. The topological polar surface area (TPSA) is 58.6 Å². The standard InChI is InChI=1S/C13H14BrFN2O3/c1-20-13(19)16-8-5-6-17(7-8)12(18)11-9(14)3-2-4-10(11)15/h2-4,8H,5-7H2,1H3,(H,16,19). The minimum Gasteiger partial charge on any atom is -0.453 e. The lowest BCUT2D eigenvalue weighted by molar-refractivity contribution is 0.0782. The minimum atomic E-state index is -0.561. The van der Waals surface area contributed by atoms with E-state index in [1.165, 1.54) is 24.1 Å². The molecule has 2 rings (SSSR count). The number of rotatable bonds is 2. The number of methoxy groups -OCH3 is 1. The van der Waals surface area contributed by atoms with Gasteiger partial charge in [-0.05, 0) is 34.5 Å². The van der Waals surface area contributed by atoms with E-state index in [0.717, 1.165) is 0 Å².